The van der Waals surface area contributed by atoms with Crippen molar-refractivity contribution in [3.05, 3.63) is 65.7 Å². The molecule has 0 aliphatic carbocycles. The van der Waals surface area contributed by atoms with Gasteiger partial charge in [0, 0.05) is 11.1 Å². The van der Waals surface area contributed by atoms with Crippen LogP contribution >= 0.6 is 11.8 Å². The number of para-hydroxylation sites is 2. The van der Waals surface area contributed by atoms with Crippen molar-refractivity contribution in [3.8, 4) is 5.75 Å². The van der Waals surface area contributed by atoms with Gasteiger partial charge in [-0.3, -0.25) is 0 Å². The number of rotatable bonds is 5. The lowest BCUT2D eigenvalue weighted by atomic mass is 10.1. The predicted octanol–water partition coefficient (Wildman–Crippen LogP) is 5.02. The number of hydrogen-bond acceptors (Lipinski definition) is 3. The molecule has 0 amide bonds. The van der Waals surface area contributed by atoms with Crippen LogP contribution in [0.1, 0.15) is 11.1 Å². The van der Waals surface area contributed by atoms with Crippen LogP contribution in [0.25, 0.3) is 10.9 Å². The van der Waals surface area contributed by atoms with Crippen LogP contribution in [-0.4, -0.2) is 17.3 Å². The molecule has 3 aromatic rings. The van der Waals surface area contributed by atoms with E-state index >= 15 is 0 Å². The van der Waals surface area contributed by atoms with E-state index in [0.29, 0.717) is 6.61 Å². The summed E-state index contributed by atoms with van der Waals surface area (Å²) in [6.45, 7) is 4.94. The molecule has 0 fully saturated rings. The van der Waals surface area contributed by atoms with Crippen LogP contribution in [0, 0.1) is 13.8 Å². The zero-order valence-electron chi connectivity index (χ0n) is 12.9. The maximum atomic E-state index is 5.72. The third-order valence-corrected chi connectivity index (χ3v) is 4.45. The Bertz CT molecular complexity index is 771. The third kappa shape index (κ3) is 3.42. The summed E-state index contributed by atoms with van der Waals surface area (Å²) in [6.07, 6.45) is 0. The smallest absolute Gasteiger partial charge is 0.119 e. The molecule has 0 N–H and O–H groups in total. The molecule has 2 nitrogen and oxygen atoms in total. The number of hydrogen-bond donors (Lipinski definition) is 0. The lowest BCUT2D eigenvalue weighted by Gasteiger charge is -2.09. The number of aromatic nitrogens is 1. The molecule has 0 aliphatic rings. The molecule has 1 heterocycles. The number of fused-ring (bicyclic) bond motifs is 1. The summed E-state index contributed by atoms with van der Waals surface area (Å²) in [5, 5.41) is 2.31. The van der Waals surface area contributed by atoms with Gasteiger partial charge in [-0.25, -0.2) is 4.98 Å². The minimum absolute atomic E-state index is 0.682. The zero-order chi connectivity index (χ0) is 15.4. The largest absolute Gasteiger partial charge is 0.493 e. The summed E-state index contributed by atoms with van der Waals surface area (Å²) in [5.41, 5.74) is 3.61. The van der Waals surface area contributed by atoms with Crippen molar-refractivity contribution in [3.63, 3.8) is 0 Å². The molecule has 0 aliphatic heterocycles. The second-order valence-corrected chi connectivity index (χ2v) is 6.37. The van der Waals surface area contributed by atoms with Crippen molar-refractivity contribution in [2.75, 3.05) is 12.4 Å². The Labute approximate surface area is 135 Å². The highest BCUT2D eigenvalue weighted by atomic mass is 32.2. The standard InChI is InChI=1S/C19H19NOS/c1-14-7-6-10-17-15(2)13-18(20-19(14)17)22-12-11-21-16-8-4-3-5-9-16/h3-10,13H,11-12H2,1-2H3. The van der Waals surface area contributed by atoms with Crippen LogP contribution in [-0.2, 0) is 0 Å². The van der Waals surface area contributed by atoms with Gasteiger partial charge < -0.3 is 4.74 Å². The summed E-state index contributed by atoms with van der Waals surface area (Å²) in [7, 11) is 0. The van der Waals surface area contributed by atoms with E-state index in [1.807, 2.05) is 30.3 Å². The van der Waals surface area contributed by atoms with E-state index in [4.69, 9.17) is 9.72 Å². The topological polar surface area (TPSA) is 22.1 Å². The average molecular weight is 309 g/mol. The Morgan fingerprint density at radius 1 is 0.955 bits per heavy atom. The molecule has 0 radical (unpaired) electrons. The van der Waals surface area contributed by atoms with Crippen LogP contribution in [0.15, 0.2) is 59.6 Å². The van der Waals surface area contributed by atoms with Crippen LogP contribution in [0.2, 0.25) is 0 Å². The van der Waals surface area contributed by atoms with E-state index in [1.54, 1.807) is 11.8 Å². The van der Waals surface area contributed by atoms with Gasteiger partial charge in [0.2, 0.25) is 0 Å². The first-order chi connectivity index (χ1) is 10.7. The third-order valence-electron chi connectivity index (χ3n) is 3.57. The molecule has 112 valence electrons. The van der Waals surface area contributed by atoms with E-state index in [2.05, 4.69) is 38.1 Å². The van der Waals surface area contributed by atoms with Gasteiger partial charge in [0.1, 0.15) is 5.75 Å². The van der Waals surface area contributed by atoms with Crippen LogP contribution in [0.3, 0.4) is 0 Å². The summed E-state index contributed by atoms with van der Waals surface area (Å²) in [5.74, 6) is 1.81. The fourth-order valence-electron chi connectivity index (χ4n) is 2.43. The lowest BCUT2D eigenvalue weighted by Crippen LogP contribution is -2.00. The van der Waals surface area contributed by atoms with Gasteiger partial charge in [-0.05, 0) is 43.2 Å². The van der Waals surface area contributed by atoms with Gasteiger partial charge in [0.25, 0.3) is 0 Å². The molecule has 22 heavy (non-hydrogen) atoms. The molecular weight excluding hydrogens is 290 g/mol. The maximum Gasteiger partial charge on any atom is 0.119 e. The minimum atomic E-state index is 0.682. The quantitative estimate of drug-likeness (QED) is 0.488. The molecule has 3 rings (SSSR count). The molecule has 2 aromatic carbocycles. The number of thioether (sulfide) groups is 1. The Balaban J connectivity index is 1.65. The first-order valence-corrected chi connectivity index (χ1v) is 8.40. The van der Waals surface area contributed by atoms with Gasteiger partial charge >= 0.3 is 0 Å². The van der Waals surface area contributed by atoms with E-state index in [-0.39, 0.29) is 0 Å². The number of nitrogens with zero attached hydrogens (tertiary/aromatic N) is 1. The van der Waals surface area contributed by atoms with Gasteiger partial charge in [0.15, 0.2) is 0 Å². The van der Waals surface area contributed by atoms with Crippen molar-refractivity contribution in [2.24, 2.45) is 0 Å². The molecule has 3 heteroatoms. The van der Waals surface area contributed by atoms with Crippen molar-refractivity contribution >= 4 is 22.7 Å². The first-order valence-electron chi connectivity index (χ1n) is 7.41. The molecule has 1 aromatic heterocycles. The first kappa shape index (κ1) is 14.9. The number of pyridine rings is 1. The fourth-order valence-corrected chi connectivity index (χ4v) is 3.22. The van der Waals surface area contributed by atoms with Crippen molar-refractivity contribution in [1.29, 1.82) is 0 Å². The predicted molar refractivity (Wildman–Crippen MR) is 93.9 cm³/mol. The van der Waals surface area contributed by atoms with Crippen LogP contribution in [0.4, 0.5) is 0 Å². The van der Waals surface area contributed by atoms with Crippen molar-refractivity contribution in [2.45, 2.75) is 18.9 Å². The van der Waals surface area contributed by atoms with E-state index in [1.165, 1.54) is 16.5 Å². The van der Waals surface area contributed by atoms with Gasteiger partial charge in [-0.15, -0.1) is 11.8 Å². The minimum Gasteiger partial charge on any atom is -0.493 e. The molecule has 0 saturated carbocycles. The molecule has 0 unspecified atom stereocenters. The summed E-state index contributed by atoms with van der Waals surface area (Å²) < 4.78 is 5.72. The normalized spacial score (nSPS) is 10.8. The van der Waals surface area contributed by atoms with Crippen molar-refractivity contribution in [1.82, 2.24) is 4.98 Å². The van der Waals surface area contributed by atoms with Crippen LogP contribution in [0.5, 0.6) is 5.75 Å². The van der Waals surface area contributed by atoms with Crippen LogP contribution < -0.4 is 4.74 Å². The highest BCUT2D eigenvalue weighted by molar-refractivity contribution is 7.99. The molecule has 0 atom stereocenters. The summed E-state index contributed by atoms with van der Waals surface area (Å²) in [6, 6.07) is 18.4. The SMILES string of the molecule is Cc1cc(SCCOc2ccccc2)nc2c(C)cccc12. The zero-order valence-corrected chi connectivity index (χ0v) is 13.7. The van der Waals surface area contributed by atoms with Gasteiger partial charge in [-0.2, -0.15) is 0 Å². The molecular formula is C19H19NOS. The lowest BCUT2D eigenvalue weighted by molar-refractivity contribution is 0.344. The van der Waals surface area contributed by atoms with Gasteiger partial charge in [0.05, 0.1) is 17.1 Å². The fraction of sp³-hybridized carbons (Fsp3) is 0.211. The second-order valence-electron chi connectivity index (χ2n) is 5.26. The highest BCUT2D eigenvalue weighted by Gasteiger charge is 2.05. The number of aryl methyl sites for hydroxylation is 2. The number of benzene rings is 2. The monoisotopic (exact) mass is 309 g/mol. The molecule has 0 bridgehead atoms. The van der Waals surface area contributed by atoms with E-state index in [9.17, 15) is 0 Å². The Hall–Kier alpha value is -2.00. The highest BCUT2D eigenvalue weighted by Crippen LogP contribution is 2.25. The van der Waals surface area contributed by atoms with Crippen molar-refractivity contribution < 1.29 is 4.74 Å². The Morgan fingerprint density at radius 3 is 2.59 bits per heavy atom. The molecule has 0 spiro atoms. The van der Waals surface area contributed by atoms with E-state index in [0.717, 1.165) is 22.0 Å². The number of ether oxygens (including phenoxy) is 1. The maximum absolute atomic E-state index is 5.72. The summed E-state index contributed by atoms with van der Waals surface area (Å²) in [4.78, 5) is 4.79. The Kier molecular flexibility index (Phi) is 4.64. The van der Waals surface area contributed by atoms with E-state index < -0.39 is 0 Å². The van der Waals surface area contributed by atoms with Gasteiger partial charge in [-0.1, -0.05) is 36.4 Å². The summed E-state index contributed by atoms with van der Waals surface area (Å²) >= 11 is 1.74. The second kappa shape index (κ2) is 6.84. The average Bonchev–Trinajstić information content (AvgIpc) is 2.54. The Morgan fingerprint density at radius 2 is 1.77 bits per heavy atom. The molecule has 0 saturated heterocycles.